The van der Waals surface area contributed by atoms with Crippen molar-refractivity contribution >= 4 is 22.8 Å². The first-order valence-corrected chi connectivity index (χ1v) is 12.7. The van der Waals surface area contributed by atoms with Crippen LogP contribution in [0.3, 0.4) is 0 Å². The summed E-state index contributed by atoms with van der Waals surface area (Å²) in [6.45, 7) is 4.11. The molecule has 0 aliphatic heterocycles. The molecule has 0 radical (unpaired) electrons. The van der Waals surface area contributed by atoms with Crippen molar-refractivity contribution in [3.8, 4) is 11.3 Å². The topological polar surface area (TPSA) is 83.1 Å². The Hall–Kier alpha value is -3.41. The number of hydrogen-bond donors (Lipinski definition) is 3. The summed E-state index contributed by atoms with van der Waals surface area (Å²) < 4.78 is 0. The quantitative estimate of drug-likeness (QED) is 0.448. The van der Waals surface area contributed by atoms with Crippen LogP contribution < -0.4 is 16.2 Å². The maximum Gasteiger partial charge on any atom is 0.333 e. The van der Waals surface area contributed by atoms with Gasteiger partial charge in [0.2, 0.25) is 0 Å². The number of amides is 3. The van der Waals surface area contributed by atoms with Crippen molar-refractivity contribution < 1.29 is 9.59 Å². The minimum Gasteiger partial charge on any atom is -0.331 e. The van der Waals surface area contributed by atoms with Gasteiger partial charge in [0.1, 0.15) is 0 Å². The molecule has 1 aromatic heterocycles. The van der Waals surface area contributed by atoms with Gasteiger partial charge in [0.15, 0.2) is 0 Å². The van der Waals surface area contributed by atoms with E-state index in [0.717, 1.165) is 64.7 Å². The molecule has 7 rings (SSSR count). The Morgan fingerprint density at radius 3 is 2.26 bits per heavy atom. The molecule has 180 valence electrons. The molecular formula is C29H32N4O2. The van der Waals surface area contributed by atoms with Crippen LogP contribution in [0.4, 0.5) is 4.79 Å². The Morgan fingerprint density at radius 1 is 0.886 bits per heavy atom. The largest absolute Gasteiger partial charge is 0.333 e. The van der Waals surface area contributed by atoms with Gasteiger partial charge in [-0.2, -0.15) is 0 Å². The summed E-state index contributed by atoms with van der Waals surface area (Å²) in [5.74, 6) is 1.87. The molecule has 0 unspecified atom stereocenters. The van der Waals surface area contributed by atoms with Gasteiger partial charge in [-0.1, -0.05) is 42.0 Å². The van der Waals surface area contributed by atoms with E-state index >= 15 is 0 Å². The molecule has 0 atom stereocenters. The summed E-state index contributed by atoms with van der Waals surface area (Å²) in [5, 5.41) is 3.99. The van der Waals surface area contributed by atoms with Crippen molar-refractivity contribution in [2.45, 2.75) is 57.9 Å². The monoisotopic (exact) mass is 468 g/mol. The number of rotatable bonds is 3. The average molecular weight is 469 g/mol. The fraction of sp³-hybridized carbons (Fsp3) is 0.414. The number of hydrazine groups is 1. The summed E-state index contributed by atoms with van der Waals surface area (Å²) in [5.41, 5.74) is 10.4. The number of pyridine rings is 1. The van der Waals surface area contributed by atoms with Crippen LogP contribution in [-0.4, -0.2) is 22.5 Å². The van der Waals surface area contributed by atoms with E-state index in [2.05, 4.69) is 42.1 Å². The zero-order chi connectivity index (χ0) is 24.2. The Kier molecular flexibility index (Phi) is 5.28. The van der Waals surface area contributed by atoms with Gasteiger partial charge in [0, 0.05) is 16.5 Å². The van der Waals surface area contributed by atoms with Crippen LogP contribution in [0.1, 0.15) is 60.0 Å². The van der Waals surface area contributed by atoms with Crippen molar-refractivity contribution in [2.75, 3.05) is 0 Å². The molecule has 6 nitrogen and oxygen atoms in total. The van der Waals surface area contributed by atoms with E-state index in [4.69, 9.17) is 4.98 Å². The molecular weight excluding hydrogens is 436 g/mol. The molecule has 4 saturated carbocycles. The van der Waals surface area contributed by atoms with Crippen LogP contribution in [-0.2, 0) is 0 Å². The highest BCUT2D eigenvalue weighted by atomic mass is 16.2. The molecule has 1 heterocycles. The third kappa shape index (κ3) is 4.15. The summed E-state index contributed by atoms with van der Waals surface area (Å²) >= 11 is 0. The SMILES string of the molecule is Cc1ccc(-c2cc(C(=O)NNC(=O)NC34CC5CC(CC(C5)C3)C4)c3ccccc3n2)c(C)c1. The van der Waals surface area contributed by atoms with Gasteiger partial charge in [0.05, 0.1) is 16.8 Å². The Bertz CT molecular complexity index is 1300. The first-order valence-electron chi connectivity index (χ1n) is 12.7. The summed E-state index contributed by atoms with van der Waals surface area (Å²) in [6, 6.07) is 15.3. The minimum atomic E-state index is -0.352. The molecule has 3 N–H and O–H groups in total. The predicted octanol–water partition coefficient (Wildman–Crippen LogP) is 5.43. The molecule has 0 saturated heterocycles. The average Bonchev–Trinajstić information content (AvgIpc) is 2.80. The van der Waals surface area contributed by atoms with Gasteiger partial charge in [-0.15, -0.1) is 0 Å². The van der Waals surface area contributed by atoms with Crippen LogP contribution in [0, 0.1) is 31.6 Å². The Labute approximate surface area is 205 Å². The second-order valence-corrected chi connectivity index (χ2v) is 11.1. The molecule has 4 aliphatic carbocycles. The lowest BCUT2D eigenvalue weighted by molar-refractivity contribution is -0.0137. The van der Waals surface area contributed by atoms with Crippen molar-refractivity contribution in [3.05, 3.63) is 65.2 Å². The fourth-order valence-electron chi connectivity index (χ4n) is 7.32. The zero-order valence-corrected chi connectivity index (χ0v) is 20.4. The maximum atomic E-state index is 13.3. The smallest absolute Gasteiger partial charge is 0.331 e. The highest BCUT2D eigenvalue weighted by Gasteiger charge is 2.51. The highest BCUT2D eigenvalue weighted by Crippen LogP contribution is 2.55. The Morgan fingerprint density at radius 2 is 1.57 bits per heavy atom. The summed E-state index contributed by atoms with van der Waals surface area (Å²) in [6.07, 6.45) is 7.14. The molecule has 4 fully saturated rings. The number of para-hydroxylation sites is 1. The minimum absolute atomic E-state index is 0.108. The number of urea groups is 1. The van der Waals surface area contributed by atoms with Gasteiger partial charge in [-0.05, 0) is 87.8 Å². The number of carbonyl (C=O) groups is 2. The molecule has 2 aromatic carbocycles. The van der Waals surface area contributed by atoms with Crippen LogP contribution in [0.15, 0.2) is 48.5 Å². The third-order valence-corrected chi connectivity index (χ3v) is 8.33. The number of benzene rings is 2. The molecule has 3 amide bonds. The standard InChI is InChI=1S/C29H32N4O2/c1-17-7-8-22(18(2)9-17)26-13-24(23-5-3-4-6-25(23)30-26)27(34)32-33-28(35)31-29-14-19-10-20(15-29)12-21(11-19)16-29/h3-9,13,19-21H,10-12,14-16H2,1-2H3,(H,32,34)(H2,31,33,35). The lowest BCUT2D eigenvalue weighted by Gasteiger charge is -2.56. The van der Waals surface area contributed by atoms with Crippen molar-refractivity contribution in [2.24, 2.45) is 17.8 Å². The number of hydrogen-bond acceptors (Lipinski definition) is 3. The van der Waals surface area contributed by atoms with Crippen LogP contribution >= 0.6 is 0 Å². The number of aromatic nitrogens is 1. The zero-order valence-electron chi connectivity index (χ0n) is 20.4. The van der Waals surface area contributed by atoms with Crippen molar-refractivity contribution in [1.29, 1.82) is 0 Å². The van der Waals surface area contributed by atoms with E-state index in [0.29, 0.717) is 5.56 Å². The molecule has 35 heavy (non-hydrogen) atoms. The van der Waals surface area contributed by atoms with Crippen LogP contribution in [0.5, 0.6) is 0 Å². The number of nitrogens with one attached hydrogen (secondary N) is 3. The molecule has 6 heteroatoms. The molecule has 4 bridgehead atoms. The van der Waals surface area contributed by atoms with E-state index in [1.54, 1.807) is 0 Å². The lowest BCUT2D eigenvalue weighted by atomic mass is 9.53. The van der Waals surface area contributed by atoms with E-state index in [9.17, 15) is 9.59 Å². The van der Waals surface area contributed by atoms with E-state index in [-0.39, 0.29) is 17.5 Å². The number of aryl methyl sites for hydroxylation is 2. The second-order valence-electron chi connectivity index (χ2n) is 11.1. The van der Waals surface area contributed by atoms with Gasteiger partial charge >= 0.3 is 6.03 Å². The van der Waals surface area contributed by atoms with Gasteiger partial charge in [0.25, 0.3) is 5.91 Å². The maximum absolute atomic E-state index is 13.3. The van der Waals surface area contributed by atoms with E-state index < -0.39 is 0 Å². The number of carbonyl (C=O) groups excluding carboxylic acids is 2. The third-order valence-electron chi connectivity index (χ3n) is 8.33. The number of nitrogens with zero attached hydrogens (tertiary/aromatic N) is 1. The van der Waals surface area contributed by atoms with Gasteiger partial charge in [-0.3, -0.25) is 10.2 Å². The van der Waals surface area contributed by atoms with Gasteiger partial charge in [-0.25, -0.2) is 15.2 Å². The first-order chi connectivity index (χ1) is 16.9. The number of fused-ring (bicyclic) bond motifs is 1. The van der Waals surface area contributed by atoms with Crippen LogP contribution in [0.2, 0.25) is 0 Å². The first kappa shape index (κ1) is 22.1. The summed E-state index contributed by atoms with van der Waals surface area (Å²) in [4.78, 5) is 30.9. The lowest BCUT2D eigenvalue weighted by Crippen LogP contribution is -2.62. The van der Waals surface area contributed by atoms with Crippen molar-refractivity contribution in [1.82, 2.24) is 21.2 Å². The predicted molar refractivity (Wildman–Crippen MR) is 137 cm³/mol. The van der Waals surface area contributed by atoms with E-state index in [1.807, 2.05) is 36.4 Å². The van der Waals surface area contributed by atoms with E-state index in [1.165, 1.54) is 24.8 Å². The normalized spacial score (nSPS) is 26.5. The Balaban J connectivity index is 1.21. The second kappa shape index (κ2) is 8.36. The van der Waals surface area contributed by atoms with Gasteiger partial charge < -0.3 is 5.32 Å². The fourth-order valence-corrected chi connectivity index (χ4v) is 7.32. The summed E-state index contributed by atoms with van der Waals surface area (Å²) in [7, 11) is 0. The molecule has 3 aromatic rings. The van der Waals surface area contributed by atoms with Crippen LogP contribution in [0.25, 0.3) is 22.2 Å². The molecule has 4 aliphatic rings. The molecule has 0 spiro atoms. The van der Waals surface area contributed by atoms with Crippen molar-refractivity contribution in [3.63, 3.8) is 0 Å². The highest BCUT2D eigenvalue weighted by molar-refractivity contribution is 6.07.